The first kappa shape index (κ1) is 27.7. The van der Waals surface area contributed by atoms with E-state index in [1.165, 1.54) is 51.4 Å². The molecule has 0 spiro atoms. The first-order chi connectivity index (χ1) is 15.2. The van der Waals surface area contributed by atoms with E-state index in [-0.39, 0.29) is 17.9 Å². The Morgan fingerprint density at radius 3 is 1.58 bits per heavy atom. The van der Waals surface area contributed by atoms with E-state index in [0.717, 1.165) is 51.4 Å². The van der Waals surface area contributed by atoms with Crippen molar-refractivity contribution in [1.29, 1.82) is 0 Å². The van der Waals surface area contributed by atoms with Gasteiger partial charge in [0, 0.05) is 5.57 Å². The van der Waals surface area contributed by atoms with Crippen LogP contribution < -0.4 is 0 Å². The molecule has 31 heavy (non-hydrogen) atoms. The molecule has 0 bridgehead atoms. The lowest BCUT2D eigenvalue weighted by Crippen LogP contribution is -2.21. The third-order valence-corrected chi connectivity index (χ3v) is 6.37. The molecular weight excluding hydrogens is 388 g/mol. The van der Waals surface area contributed by atoms with Gasteiger partial charge in [-0.2, -0.15) is 0 Å². The van der Waals surface area contributed by atoms with Gasteiger partial charge in [-0.25, -0.2) is 9.59 Å². The minimum absolute atomic E-state index is 0.147. The van der Waals surface area contributed by atoms with Crippen LogP contribution in [0.1, 0.15) is 130 Å². The topological polar surface area (TPSA) is 52.6 Å². The maximum absolute atomic E-state index is 13.0. The van der Waals surface area contributed by atoms with Gasteiger partial charge in [-0.1, -0.05) is 97.8 Å². The molecule has 0 unspecified atom stereocenters. The Balaban J connectivity index is 2.58. The molecule has 0 saturated heterocycles. The zero-order valence-electron chi connectivity index (χ0n) is 20.6. The summed E-state index contributed by atoms with van der Waals surface area (Å²) in [6.45, 7) is 7.25. The van der Waals surface area contributed by atoms with E-state index in [0.29, 0.717) is 30.8 Å². The Bertz CT molecular complexity index is 517. The average molecular weight is 437 g/mol. The van der Waals surface area contributed by atoms with Gasteiger partial charge in [0.05, 0.1) is 18.8 Å². The number of esters is 2. The van der Waals surface area contributed by atoms with Crippen LogP contribution in [0.4, 0.5) is 0 Å². The second-order valence-electron chi connectivity index (χ2n) is 9.03. The fourth-order valence-electron chi connectivity index (χ4n) is 4.45. The lowest BCUT2D eigenvalue weighted by Gasteiger charge is -2.18. The Labute approximate surface area is 191 Å². The minimum atomic E-state index is -0.311. The van der Waals surface area contributed by atoms with Gasteiger partial charge in [0.25, 0.3) is 0 Å². The van der Waals surface area contributed by atoms with E-state index in [2.05, 4.69) is 13.8 Å². The molecule has 1 saturated carbocycles. The predicted octanol–water partition coefficient (Wildman–Crippen LogP) is 7.69. The summed E-state index contributed by atoms with van der Waals surface area (Å²) in [6, 6.07) is 0. The molecule has 0 heterocycles. The van der Waals surface area contributed by atoms with Gasteiger partial charge in [-0.05, 0) is 38.0 Å². The van der Waals surface area contributed by atoms with Gasteiger partial charge in [0.1, 0.15) is 0 Å². The third-order valence-electron chi connectivity index (χ3n) is 6.37. The van der Waals surface area contributed by atoms with Gasteiger partial charge < -0.3 is 9.47 Å². The van der Waals surface area contributed by atoms with E-state index in [1.807, 2.05) is 6.92 Å². The highest BCUT2D eigenvalue weighted by atomic mass is 16.5. The first-order valence-corrected chi connectivity index (χ1v) is 13.2. The molecule has 0 atom stereocenters. The van der Waals surface area contributed by atoms with Crippen molar-refractivity contribution < 1.29 is 19.1 Å². The maximum Gasteiger partial charge on any atom is 0.334 e. The van der Waals surface area contributed by atoms with Crippen molar-refractivity contribution in [2.75, 3.05) is 13.2 Å². The van der Waals surface area contributed by atoms with Crippen LogP contribution in [-0.2, 0) is 19.1 Å². The monoisotopic (exact) mass is 436 g/mol. The lowest BCUT2D eigenvalue weighted by atomic mass is 9.91. The van der Waals surface area contributed by atoms with Crippen molar-refractivity contribution in [3.05, 3.63) is 11.1 Å². The minimum Gasteiger partial charge on any atom is -0.462 e. The summed E-state index contributed by atoms with van der Waals surface area (Å²) in [5.74, 6) is -0.447. The van der Waals surface area contributed by atoms with Crippen molar-refractivity contribution in [2.24, 2.45) is 5.92 Å². The Morgan fingerprint density at radius 2 is 1.10 bits per heavy atom. The summed E-state index contributed by atoms with van der Waals surface area (Å²) in [5.41, 5.74) is 1.16. The normalized spacial score (nSPS) is 15.1. The van der Waals surface area contributed by atoms with Crippen LogP contribution >= 0.6 is 0 Å². The molecule has 1 aliphatic carbocycles. The van der Waals surface area contributed by atoms with E-state index < -0.39 is 0 Å². The summed E-state index contributed by atoms with van der Waals surface area (Å²) in [4.78, 5) is 25.8. The molecule has 180 valence electrons. The first-order valence-electron chi connectivity index (χ1n) is 13.2. The van der Waals surface area contributed by atoms with Gasteiger partial charge in [-0.15, -0.1) is 0 Å². The number of rotatable bonds is 18. The largest absolute Gasteiger partial charge is 0.462 e. The zero-order chi connectivity index (χ0) is 22.7. The number of unbranched alkanes of at least 4 members (excludes halogenated alkanes) is 10. The van der Waals surface area contributed by atoms with Crippen molar-refractivity contribution in [3.63, 3.8) is 0 Å². The van der Waals surface area contributed by atoms with Crippen LogP contribution in [0.3, 0.4) is 0 Å². The quantitative estimate of drug-likeness (QED) is 0.125. The number of hydrogen-bond donors (Lipinski definition) is 0. The molecule has 0 aromatic heterocycles. The van der Waals surface area contributed by atoms with E-state index in [1.54, 1.807) is 0 Å². The Kier molecular flexibility index (Phi) is 16.3. The molecule has 4 nitrogen and oxygen atoms in total. The van der Waals surface area contributed by atoms with Crippen LogP contribution in [0.25, 0.3) is 0 Å². The van der Waals surface area contributed by atoms with Gasteiger partial charge in [-0.3, -0.25) is 0 Å². The highest BCUT2D eigenvalue weighted by Crippen LogP contribution is 2.34. The predicted molar refractivity (Wildman–Crippen MR) is 128 cm³/mol. The molecule has 0 aliphatic heterocycles. The van der Waals surface area contributed by atoms with Crippen molar-refractivity contribution in [2.45, 2.75) is 130 Å². The van der Waals surface area contributed by atoms with Gasteiger partial charge in [0.15, 0.2) is 0 Å². The molecule has 0 aromatic rings. The zero-order valence-corrected chi connectivity index (χ0v) is 20.6. The van der Waals surface area contributed by atoms with E-state index in [9.17, 15) is 9.59 Å². The molecule has 1 rings (SSSR count). The van der Waals surface area contributed by atoms with Crippen molar-refractivity contribution in [3.8, 4) is 0 Å². The average Bonchev–Trinajstić information content (AvgIpc) is 3.30. The van der Waals surface area contributed by atoms with Crippen LogP contribution in [-0.4, -0.2) is 25.2 Å². The molecule has 0 amide bonds. The van der Waals surface area contributed by atoms with Crippen molar-refractivity contribution >= 4 is 11.9 Å². The van der Waals surface area contributed by atoms with Crippen LogP contribution in [0.15, 0.2) is 11.1 Å². The molecule has 0 radical (unpaired) electrons. The summed E-state index contributed by atoms with van der Waals surface area (Å²) < 4.78 is 11.2. The highest BCUT2D eigenvalue weighted by Gasteiger charge is 2.31. The van der Waals surface area contributed by atoms with E-state index in [4.69, 9.17) is 9.47 Å². The summed E-state index contributed by atoms with van der Waals surface area (Å²) in [7, 11) is 0. The highest BCUT2D eigenvalue weighted by molar-refractivity contribution is 6.00. The molecular formula is C27H48O4. The third kappa shape index (κ3) is 11.8. The fraction of sp³-hybridized carbons (Fsp3) is 0.852. The fourth-order valence-corrected chi connectivity index (χ4v) is 4.45. The number of hydrogen-bond acceptors (Lipinski definition) is 4. The molecule has 4 heteroatoms. The smallest absolute Gasteiger partial charge is 0.334 e. The van der Waals surface area contributed by atoms with Gasteiger partial charge in [0.2, 0.25) is 0 Å². The van der Waals surface area contributed by atoms with Gasteiger partial charge >= 0.3 is 11.9 Å². The second-order valence-corrected chi connectivity index (χ2v) is 9.03. The maximum atomic E-state index is 13.0. The number of carbonyl (C=O) groups is 2. The Morgan fingerprint density at radius 1 is 0.645 bits per heavy atom. The standard InChI is InChI=1S/C27H48O4/c1-4-7-9-11-13-17-21-30-26(28)24(6-3)25(23-19-15-16-20-23)27(29)31-22-18-14-12-10-8-5-2/h23H,4-22H2,1-3H3. The number of ether oxygens (including phenoxy) is 2. The van der Waals surface area contributed by atoms with Crippen LogP contribution in [0.5, 0.6) is 0 Å². The van der Waals surface area contributed by atoms with Crippen molar-refractivity contribution in [1.82, 2.24) is 0 Å². The Hall–Kier alpha value is -1.32. The van der Waals surface area contributed by atoms with E-state index >= 15 is 0 Å². The number of carbonyl (C=O) groups excluding carboxylic acids is 2. The summed E-state index contributed by atoms with van der Waals surface area (Å²) in [5, 5.41) is 0. The molecule has 0 aromatic carbocycles. The SMILES string of the molecule is CCCCCCCCOC(=O)C(CC)=C(C(=O)OCCCCCCCC)C1CCCC1. The summed E-state index contributed by atoms with van der Waals surface area (Å²) >= 11 is 0. The molecule has 1 aliphatic rings. The lowest BCUT2D eigenvalue weighted by molar-refractivity contribution is -0.143. The van der Waals surface area contributed by atoms with Crippen LogP contribution in [0, 0.1) is 5.92 Å². The molecule has 0 N–H and O–H groups in total. The van der Waals surface area contributed by atoms with Crippen LogP contribution in [0.2, 0.25) is 0 Å². The molecule has 1 fully saturated rings. The summed E-state index contributed by atoms with van der Waals surface area (Å²) in [6.07, 6.45) is 18.6. The second kappa shape index (κ2) is 18.3.